The second-order valence-electron chi connectivity index (χ2n) is 6.46. The number of hydrogen-bond donors (Lipinski definition) is 2. The third kappa shape index (κ3) is 4.55. The van der Waals surface area contributed by atoms with Crippen LogP contribution in [0.15, 0.2) is 66.7 Å². The number of rotatable bonds is 7. The molecule has 2 aromatic heterocycles. The number of hydrogen-bond acceptors (Lipinski definition) is 5. The van der Waals surface area contributed by atoms with Crippen LogP contribution in [0, 0.1) is 5.82 Å². The van der Waals surface area contributed by atoms with E-state index in [1.807, 2.05) is 42.5 Å². The monoisotopic (exact) mass is 390 g/mol. The van der Waals surface area contributed by atoms with E-state index in [0.29, 0.717) is 36.8 Å². The first-order chi connectivity index (χ1) is 14.2. The van der Waals surface area contributed by atoms with Crippen LogP contribution in [0.1, 0.15) is 21.7 Å². The second kappa shape index (κ2) is 8.47. The summed E-state index contributed by atoms with van der Waals surface area (Å²) in [6.45, 7) is 0.986. The Morgan fingerprint density at radius 1 is 1.00 bits per heavy atom. The minimum absolute atomic E-state index is 0.279. The van der Waals surface area contributed by atoms with Crippen LogP contribution in [-0.2, 0) is 13.0 Å². The number of anilines is 1. The van der Waals surface area contributed by atoms with Gasteiger partial charge in [-0.2, -0.15) is 4.52 Å². The molecule has 8 heteroatoms. The zero-order chi connectivity index (χ0) is 20.1. The fraction of sp³-hybridized carbons (Fsp3) is 0.143. The Balaban J connectivity index is 1.39. The van der Waals surface area contributed by atoms with Gasteiger partial charge >= 0.3 is 0 Å². The van der Waals surface area contributed by atoms with E-state index in [9.17, 15) is 9.18 Å². The Morgan fingerprint density at radius 2 is 1.86 bits per heavy atom. The van der Waals surface area contributed by atoms with Gasteiger partial charge in [-0.1, -0.05) is 36.4 Å². The zero-order valence-electron chi connectivity index (χ0n) is 15.5. The topological polar surface area (TPSA) is 84.2 Å². The van der Waals surface area contributed by atoms with Crippen molar-refractivity contribution in [1.82, 2.24) is 25.1 Å². The third-order valence-corrected chi connectivity index (χ3v) is 4.36. The van der Waals surface area contributed by atoms with Crippen LogP contribution in [0.2, 0.25) is 0 Å². The van der Waals surface area contributed by atoms with Crippen LogP contribution in [0.25, 0.3) is 5.65 Å². The standard InChI is InChI=1S/C21H19FN6O/c22-17-8-4-7-16(13-17)21(29)23-12-11-20-26-25-19-10-9-18(27-28(19)20)24-14-15-5-2-1-3-6-15/h1-10,13H,11-12,14H2,(H,23,29)(H,24,27). The molecule has 2 N–H and O–H groups in total. The SMILES string of the molecule is O=C(NCCc1nnc2ccc(NCc3ccccc3)nn12)c1cccc(F)c1. The first-order valence-electron chi connectivity index (χ1n) is 9.22. The van der Waals surface area contributed by atoms with Crippen LogP contribution in [-0.4, -0.2) is 32.3 Å². The molecule has 29 heavy (non-hydrogen) atoms. The van der Waals surface area contributed by atoms with Gasteiger partial charge in [-0.15, -0.1) is 15.3 Å². The molecule has 1 amide bonds. The molecular formula is C21H19FN6O. The summed E-state index contributed by atoms with van der Waals surface area (Å²) in [6, 6.07) is 19.3. The number of carbonyl (C=O) groups is 1. The van der Waals surface area contributed by atoms with Crippen molar-refractivity contribution in [2.75, 3.05) is 11.9 Å². The van der Waals surface area contributed by atoms with Crippen molar-refractivity contribution in [3.63, 3.8) is 0 Å². The van der Waals surface area contributed by atoms with Gasteiger partial charge in [0.05, 0.1) is 0 Å². The summed E-state index contributed by atoms with van der Waals surface area (Å²) >= 11 is 0. The number of fused-ring (bicyclic) bond motifs is 1. The minimum Gasteiger partial charge on any atom is -0.365 e. The van der Waals surface area contributed by atoms with E-state index in [2.05, 4.69) is 25.9 Å². The first kappa shape index (κ1) is 18.5. The molecule has 146 valence electrons. The lowest BCUT2D eigenvalue weighted by Crippen LogP contribution is -2.26. The molecule has 0 atom stereocenters. The summed E-state index contributed by atoms with van der Waals surface area (Å²) in [7, 11) is 0. The highest BCUT2D eigenvalue weighted by Gasteiger charge is 2.10. The lowest BCUT2D eigenvalue weighted by molar-refractivity contribution is 0.0953. The molecule has 0 saturated heterocycles. The van der Waals surface area contributed by atoms with Gasteiger partial charge in [0.1, 0.15) is 11.6 Å². The predicted octanol–water partition coefficient (Wildman–Crippen LogP) is 2.85. The van der Waals surface area contributed by atoms with Gasteiger partial charge in [-0.25, -0.2) is 4.39 Å². The van der Waals surface area contributed by atoms with E-state index in [4.69, 9.17) is 0 Å². The molecule has 0 unspecified atom stereocenters. The highest BCUT2D eigenvalue weighted by molar-refractivity contribution is 5.94. The highest BCUT2D eigenvalue weighted by Crippen LogP contribution is 2.10. The number of halogens is 1. The second-order valence-corrected chi connectivity index (χ2v) is 6.46. The van der Waals surface area contributed by atoms with Crippen molar-refractivity contribution in [3.05, 3.63) is 89.5 Å². The summed E-state index contributed by atoms with van der Waals surface area (Å²) < 4.78 is 14.9. The molecular weight excluding hydrogens is 371 g/mol. The summed E-state index contributed by atoms with van der Waals surface area (Å²) in [5.41, 5.74) is 2.06. The lowest BCUT2D eigenvalue weighted by atomic mass is 10.2. The van der Waals surface area contributed by atoms with Crippen LogP contribution >= 0.6 is 0 Å². The maximum Gasteiger partial charge on any atom is 0.251 e. The Kier molecular flexibility index (Phi) is 5.42. The van der Waals surface area contributed by atoms with Gasteiger partial charge in [0.15, 0.2) is 11.5 Å². The minimum atomic E-state index is -0.444. The summed E-state index contributed by atoms with van der Waals surface area (Å²) in [5.74, 6) is 0.548. The summed E-state index contributed by atoms with van der Waals surface area (Å²) in [5, 5.41) is 18.8. The van der Waals surface area contributed by atoms with Crippen LogP contribution in [0.3, 0.4) is 0 Å². The van der Waals surface area contributed by atoms with Crippen LogP contribution < -0.4 is 10.6 Å². The van der Waals surface area contributed by atoms with Gasteiger partial charge in [-0.05, 0) is 35.9 Å². The molecule has 2 heterocycles. The maximum absolute atomic E-state index is 13.2. The molecule has 0 saturated carbocycles. The average molecular weight is 390 g/mol. The number of aromatic nitrogens is 4. The van der Waals surface area contributed by atoms with E-state index < -0.39 is 5.82 Å². The molecule has 0 aliphatic heterocycles. The largest absolute Gasteiger partial charge is 0.365 e. The van der Waals surface area contributed by atoms with Crippen LogP contribution in [0.5, 0.6) is 0 Å². The third-order valence-electron chi connectivity index (χ3n) is 4.36. The quantitative estimate of drug-likeness (QED) is 0.507. The Bertz CT molecular complexity index is 1130. The predicted molar refractivity (Wildman–Crippen MR) is 107 cm³/mol. The fourth-order valence-corrected chi connectivity index (χ4v) is 2.89. The van der Waals surface area contributed by atoms with Crippen molar-refractivity contribution in [3.8, 4) is 0 Å². The zero-order valence-corrected chi connectivity index (χ0v) is 15.5. The maximum atomic E-state index is 13.2. The molecule has 0 bridgehead atoms. The Morgan fingerprint density at radius 3 is 2.69 bits per heavy atom. The molecule has 0 fully saturated rings. The fourth-order valence-electron chi connectivity index (χ4n) is 2.89. The summed E-state index contributed by atoms with van der Waals surface area (Å²) in [6.07, 6.45) is 0.442. The van der Waals surface area contributed by atoms with Crippen molar-refractivity contribution in [2.24, 2.45) is 0 Å². The molecule has 0 aliphatic carbocycles. The van der Waals surface area contributed by atoms with Crippen molar-refractivity contribution >= 4 is 17.4 Å². The number of benzene rings is 2. The van der Waals surface area contributed by atoms with Crippen molar-refractivity contribution in [1.29, 1.82) is 0 Å². The molecule has 7 nitrogen and oxygen atoms in total. The first-order valence-corrected chi connectivity index (χ1v) is 9.22. The van der Waals surface area contributed by atoms with Crippen molar-refractivity contribution < 1.29 is 9.18 Å². The summed E-state index contributed by atoms with van der Waals surface area (Å²) in [4.78, 5) is 12.1. The molecule has 0 spiro atoms. The molecule has 0 radical (unpaired) electrons. The molecule has 0 aliphatic rings. The van der Waals surface area contributed by atoms with E-state index >= 15 is 0 Å². The number of nitrogens with zero attached hydrogens (tertiary/aromatic N) is 4. The molecule has 4 rings (SSSR count). The molecule has 2 aromatic carbocycles. The van der Waals surface area contributed by atoms with Gasteiger partial charge in [-0.3, -0.25) is 4.79 Å². The molecule has 4 aromatic rings. The normalized spacial score (nSPS) is 10.8. The van der Waals surface area contributed by atoms with Gasteiger partial charge in [0, 0.05) is 25.1 Å². The van der Waals surface area contributed by atoms with Crippen LogP contribution in [0.4, 0.5) is 10.2 Å². The number of nitrogens with one attached hydrogen (secondary N) is 2. The Labute approximate surface area is 166 Å². The van der Waals surface area contributed by atoms with Crippen molar-refractivity contribution in [2.45, 2.75) is 13.0 Å². The van der Waals surface area contributed by atoms with E-state index in [1.54, 1.807) is 10.6 Å². The smallest absolute Gasteiger partial charge is 0.251 e. The van der Waals surface area contributed by atoms with E-state index in [1.165, 1.54) is 18.2 Å². The van der Waals surface area contributed by atoms with E-state index in [0.717, 1.165) is 5.56 Å². The van der Waals surface area contributed by atoms with Gasteiger partial charge in [0.2, 0.25) is 0 Å². The number of carbonyl (C=O) groups excluding carboxylic acids is 1. The highest BCUT2D eigenvalue weighted by atomic mass is 19.1. The Hall–Kier alpha value is -3.81. The lowest BCUT2D eigenvalue weighted by Gasteiger charge is -2.07. The number of amides is 1. The van der Waals surface area contributed by atoms with Gasteiger partial charge in [0.25, 0.3) is 5.91 Å². The van der Waals surface area contributed by atoms with Gasteiger partial charge < -0.3 is 10.6 Å². The van der Waals surface area contributed by atoms with E-state index in [-0.39, 0.29) is 11.5 Å². The average Bonchev–Trinajstić information content (AvgIpc) is 3.15.